The highest BCUT2D eigenvalue weighted by molar-refractivity contribution is 5.99. The zero-order chi connectivity index (χ0) is 32.7. The molecule has 9 rings (SSSR count). The van der Waals surface area contributed by atoms with Gasteiger partial charge in [-0.3, -0.25) is 4.79 Å². The van der Waals surface area contributed by atoms with Crippen LogP contribution in [0, 0.1) is 30.6 Å². The number of nitrogens with zero attached hydrogens (tertiary/aromatic N) is 6. The molecule has 47 heavy (non-hydrogen) atoms. The van der Waals surface area contributed by atoms with E-state index in [4.69, 9.17) is 0 Å². The SMILES string of the molecule is Cc1ccc2c(c1)C1(CCN(c3ncccn3)CC1)CN2c1ncc(C(=O)NC2(C(=O)O)C3CC4CC(C3)CC2C4)c(C(F)(F)F)n1. The summed E-state index contributed by atoms with van der Waals surface area (Å²) in [6.45, 7) is 3.72. The van der Waals surface area contributed by atoms with Crippen LogP contribution in [0.4, 0.5) is 30.8 Å². The third kappa shape index (κ3) is 4.75. The highest BCUT2D eigenvalue weighted by atomic mass is 19.4. The van der Waals surface area contributed by atoms with Gasteiger partial charge in [-0.2, -0.15) is 13.2 Å². The number of hydrogen-bond acceptors (Lipinski definition) is 8. The summed E-state index contributed by atoms with van der Waals surface area (Å²) >= 11 is 0. The van der Waals surface area contributed by atoms with Crippen LogP contribution < -0.4 is 15.1 Å². The molecule has 246 valence electrons. The Labute approximate surface area is 269 Å². The Hall–Kier alpha value is -4.29. The molecule has 2 aliphatic heterocycles. The van der Waals surface area contributed by atoms with Gasteiger partial charge in [0.25, 0.3) is 5.91 Å². The van der Waals surface area contributed by atoms with Crippen LogP contribution in [-0.4, -0.2) is 62.1 Å². The summed E-state index contributed by atoms with van der Waals surface area (Å²) in [5, 5.41) is 13.1. The van der Waals surface area contributed by atoms with Crippen LogP contribution in [0.25, 0.3) is 0 Å². The van der Waals surface area contributed by atoms with E-state index < -0.39 is 34.8 Å². The normalized spacial score (nSPS) is 28.9. The molecule has 0 atom stereocenters. The number of carbonyl (C=O) groups excluding carboxylic acids is 1. The number of benzene rings is 1. The fourth-order valence-electron chi connectivity index (χ4n) is 9.65. The predicted molar refractivity (Wildman–Crippen MR) is 165 cm³/mol. The first kappa shape index (κ1) is 30.1. The van der Waals surface area contributed by atoms with Crippen LogP contribution in [0.2, 0.25) is 0 Å². The minimum atomic E-state index is -4.97. The molecule has 4 bridgehead atoms. The van der Waals surface area contributed by atoms with Gasteiger partial charge >= 0.3 is 12.1 Å². The lowest BCUT2D eigenvalue weighted by Gasteiger charge is -2.59. The number of carbonyl (C=O) groups is 2. The highest BCUT2D eigenvalue weighted by Crippen LogP contribution is 2.58. The van der Waals surface area contributed by atoms with E-state index in [0.29, 0.717) is 63.1 Å². The van der Waals surface area contributed by atoms with Gasteiger partial charge in [0.15, 0.2) is 5.69 Å². The molecular formula is C34H36F3N7O3. The van der Waals surface area contributed by atoms with E-state index in [1.54, 1.807) is 23.4 Å². The minimum Gasteiger partial charge on any atom is -0.479 e. The number of aryl methyl sites for hydroxylation is 1. The first-order valence-electron chi connectivity index (χ1n) is 16.4. The van der Waals surface area contributed by atoms with Gasteiger partial charge in [-0.05, 0) is 93.2 Å². The average Bonchev–Trinajstić information content (AvgIpc) is 3.35. The molecule has 6 aliphatic rings. The fourth-order valence-corrected chi connectivity index (χ4v) is 9.65. The largest absolute Gasteiger partial charge is 0.479 e. The van der Waals surface area contributed by atoms with E-state index in [0.717, 1.165) is 42.3 Å². The number of rotatable bonds is 5. The zero-order valence-electron chi connectivity index (χ0n) is 26.0. The van der Waals surface area contributed by atoms with Crippen molar-refractivity contribution in [1.29, 1.82) is 0 Å². The molecule has 3 aromatic rings. The molecule has 0 radical (unpaired) electrons. The van der Waals surface area contributed by atoms with Crippen molar-refractivity contribution in [3.8, 4) is 0 Å². The molecule has 10 nitrogen and oxygen atoms in total. The van der Waals surface area contributed by atoms with E-state index in [1.807, 2.05) is 19.1 Å². The van der Waals surface area contributed by atoms with Gasteiger partial charge in [0.2, 0.25) is 11.9 Å². The van der Waals surface area contributed by atoms with Crippen molar-refractivity contribution in [2.24, 2.45) is 23.7 Å². The van der Waals surface area contributed by atoms with Gasteiger partial charge in [0.1, 0.15) is 5.54 Å². The number of amides is 1. The molecule has 4 aliphatic carbocycles. The molecule has 2 aromatic heterocycles. The number of halogens is 3. The Bertz CT molecular complexity index is 1710. The average molecular weight is 648 g/mol. The zero-order valence-corrected chi connectivity index (χ0v) is 26.0. The number of piperidine rings is 1. The summed E-state index contributed by atoms with van der Waals surface area (Å²) in [5.41, 5.74) is -1.25. The van der Waals surface area contributed by atoms with Gasteiger partial charge in [0, 0.05) is 49.3 Å². The summed E-state index contributed by atoms with van der Waals surface area (Å²) in [5.74, 6) is -1.58. The molecule has 1 aromatic carbocycles. The third-order valence-corrected chi connectivity index (χ3v) is 11.7. The molecule has 13 heteroatoms. The number of hydrogen-bond donors (Lipinski definition) is 2. The summed E-state index contributed by atoms with van der Waals surface area (Å²) in [6, 6.07) is 7.67. The maximum absolute atomic E-state index is 14.7. The third-order valence-electron chi connectivity index (χ3n) is 11.7. The molecule has 1 spiro atoms. The quantitative estimate of drug-likeness (QED) is 0.380. The Morgan fingerprint density at radius 1 is 0.957 bits per heavy atom. The first-order valence-corrected chi connectivity index (χ1v) is 16.4. The number of nitrogens with one attached hydrogen (secondary N) is 1. The van der Waals surface area contributed by atoms with E-state index in [9.17, 15) is 27.9 Å². The highest BCUT2D eigenvalue weighted by Gasteiger charge is 2.62. The van der Waals surface area contributed by atoms with Gasteiger partial charge in [-0.25, -0.2) is 24.7 Å². The van der Waals surface area contributed by atoms with Gasteiger partial charge in [0.05, 0.1) is 5.56 Å². The minimum absolute atomic E-state index is 0.146. The monoisotopic (exact) mass is 647 g/mol. The summed E-state index contributed by atoms with van der Waals surface area (Å²) in [7, 11) is 0. The Kier molecular flexibility index (Phi) is 6.79. The summed E-state index contributed by atoms with van der Waals surface area (Å²) < 4.78 is 44.0. The summed E-state index contributed by atoms with van der Waals surface area (Å²) in [4.78, 5) is 47.4. The van der Waals surface area contributed by atoms with Crippen molar-refractivity contribution in [2.45, 2.75) is 69.0 Å². The lowest BCUT2D eigenvalue weighted by atomic mass is 9.48. The van der Waals surface area contributed by atoms with E-state index in [-0.39, 0.29) is 23.2 Å². The number of anilines is 3. The molecule has 1 saturated heterocycles. The molecular weight excluding hydrogens is 611 g/mol. The van der Waals surface area contributed by atoms with Crippen LogP contribution in [0.3, 0.4) is 0 Å². The van der Waals surface area contributed by atoms with Crippen molar-refractivity contribution in [1.82, 2.24) is 25.3 Å². The number of aliphatic carboxylic acids is 1. The van der Waals surface area contributed by atoms with E-state index in [2.05, 4.69) is 36.2 Å². The Morgan fingerprint density at radius 3 is 2.23 bits per heavy atom. The smallest absolute Gasteiger partial charge is 0.434 e. The van der Waals surface area contributed by atoms with Crippen LogP contribution in [-0.2, 0) is 16.4 Å². The number of fused-ring (bicyclic) bond motifs is 2. The lowest BCUT2D eigenvalue weighted by molar-refractivity contribution is -0.163. The molecule has 5 fully saturated rings. The van der Waals surface area contributed by atoms with Crippen molar-refractivity contribution in [2.75, 3.05) is 29.4 Å². The van der Waals surface area contributed by atoms with Gasteiger partial charge in [-0.15, -0.1) is 0 Å². The number of alkyl halides is 3. The number of carboxylic acid groups (broad SMARTS) is 1. The first-order chi connectivity index (χ1) is 22.5. The molecule has 4 saturated carbocycles. The van der Waals surface area contributed by atoms with Crippen LogP contribution >= 0.6 is 0 Å². The van der Waals surface area contributed by atoms with Crippen molar-refractivity contribution in [3.05, 3.63) is 65.2 Å². The van der Waals surface area contributed by atoms with Gasteiger partial charge < -0.3 is 20.2 Å². The number of aromatic nitrogens is 4. The maximum Gasteiger partial charge on any atom is 0.434 e. The van der Waals surface area contributed by atoms with Crippen molar-refractivity contribution < 1.29 is 27.9 Å². The Balaban J connectivity index is 1.11. The Morgan fingerprint density at radius 2 is 1.62 bits per heavy atom. The second-order valence-corrected chi connectivity index (χ2v) is 14.3. The van der Waals surface area contributed by atoms with E-state index >= 15 is 0 Å². The summed E-state index contributed by atoms with van der Waals surface area (Å²) in [6.07, 6.45) is 4.50. The standard InChI is InChI=1S/C34H36F3N7O3/c1-19-3-4-26-25(11-19)32(5-9-43(10-6-32)30-38-7-2-8-39-30)18-44(26)31-40-17-24(27(41-31)34(35,36)37)28(45)42-33(29(46)47)22-13-20-12-21(15-22)16-23(33)14-20/h2-4,7-8,11,17,20-23H,5-6,9-10,12-16,18H2,1H3,(H,42,45)(H,46,47). The molecule has 0 unspecified atom stereocenters. The maximum atomic E-state index is 14.7. The topological polar surface area (TPSA) is 124 Å². The second-order valence-electron chi connectivity index (χ2n) is 14.3. The van der Waals surface area contributed by atoms with Gasteiger partial charge in [-0.1, -0.05) is 17.7 Å². The lowest BCUT2D eigenvalue weighted by Crippen LogP contribution is -2.70. The van der Waals surface area contributed by atoms with Crippen molar-refractivity contribution in [3.63, 3.8) is 0 Å². The van der Waals surface area contributed by atoms with Crippen LogP contribution in [0.15, 0.2) is 42.9 Å². The fraction of sp³-hybridized carbons (Fsp3) is 0.529. The van der Waals surface area contributed by atoms with Crippen LogP contribution in [0.5, 0.6) is 0 Å². The predicted octanol–water partition coefficient (Wildman–Crippen LogP) is 5.29. The number of carboxylic acids is 1. The molecule has 2 N–H and O–H groups in total. The van der Waals surface area contributed by atoms with E-state index in [1.165, 1.54) is 0 Å². The van der Waals surface area contributed by atoms with Crippen LogP contribution in [0.1, 0.15) is 72.1 Å². The van der Waals surface area contributed by atoms with Crippen molar-refractivity contribution >= 4 is 29.5 Å². The second kappa shape index (κ2) is 10.6. The molecule has 4 heterocycles. The molecule has 1 amide bonds.